The van der Waals surface area contributed by atoms with Crippen LogP contribution < -0.4 is 0 Å². The minimum absolute atomic E-state index is 0.0791. The van der Waals surface area contributed by atoms with Crippen molar-refractivity contribution in [3.05, 3.63) is 106 Å². The Morgan fingerprint density at radius 1 is 0.419 bits per heavy atom. The van der Waals surface area contributed by atoms with Gasteiger partial charge in [-0.25, -0.2) is 0 Å². The highest BCUT2D eigenvalue weighted by Gasteiger charge is 2.18. The Bertz CT molecular complexity index is 802. The van der Waals surface area contributed by atoms with Crippen molar-refractivity contribution in [2.75, 3.05) is 19.8 Å². The van der Waals surface area contributed by atoms with E-state index in [1.807, 2.05) is 20.8 Å². The maximum atomic E-state index is 9.47. The Hall–Kier alpha value is -2.46. The molecule has 0 fully saturated rings. The maximum absolute atomic E-state index is 9.47. The van der Waals surface area contributed by atoms with Crippen molar-refractivity contribution in [3.63, 3.8) is 0 Å². The average molecular weight is 419 g/mol. The summed E-state index contributed by atoms with van der Waals surface area (Å²) in [5, 5.41) is 28.4. The van der Waals surface area contributed by atoms with Crippen molar-refractivity contribution < 1.29 is 15.3 Å². The third-order valence-corrected chi connectivity index (χ3v) is 6.34. The molecule has 0 saturated heterocycles. The molecule has 0 aliphatic carbocycles. The summed E-state index contributed by atoms with van der Waals surface area (Å²) in [5.41, 5.74) is 6.97. The first-order valence-corrected chi connectivity index (χ1v) is 11.1. The molecule has 0 amide bonds. The van der Waals surface area contributed by atoms with Gasteiger partial charge in [-0.15, -0.1) is 0 Å². The number of hydrogen-bond acceptors (Lipinski definition) is 3. The van der Waals surface area contributed by atoms with Gasteiger partial charge in [0.2, 0.25) is 0 Å². The fraction of sp³-hybridized carbons (Fsp3) is 0.357. The van der Waals surface area contributed by atoms with Crippen LogP contribution >= 0.6 is 0 Å². The summed E-state index contributed by atoms with van der Waals surface area (Å²) < 4.78 is 0. The second kappa shape index (κ2) is 10.7. The van der Waals surface area contributed by atoms with Crippen LogP contribution in [0.3, 0.4) is 0 Å². The van der Waals surface area contributed by atoms with Crippen molar-refractivity contribution >= 4 is 0 Å². The lowest BCUT2D eigenvalue weighted by Crippen LogP contribution is -2.06. The quantitative estimate of drug-likeness (QED) is 0.421. The number of rotatable bonds is 9. The number of benzene rings is 3. The highest BCUT2D eigenvalue weighted by atomic mass is 16.3. The molecule has 3 nitrogen and oxygen atoms in total. The standard InChI is InChI=1S/C28H34O3/c1-19(16-29)22-4-10-25(11-5-22)28(26-12-6-23(7-13-26)20(2)17-30)27-14-8-24(9-15-27)21(3)18-31/h4-15,19-21,28-31H,16-18H2,1-3H3. The number of aliphatic hydroxyl groups excluding tert-OH is 3. The van der Waals surface area contributed by atoms with Gasteiger partial charge >= 0.3 is 0 Å². The Morgan fingerprint density at radius 3 is 0.806 bits per heavy atom. The van der Waals surface area contributed by atoms with E-state index in [9.17, 15) is 15.3 Å². The molecule has 3 rings (SSSR count). The van der Waals surface area contributed by atoms with E-state index in [1.165, 1.54) is 16.7 Å². The summed E-state index contributed by atoms with van der Waals surface area (Å²) in [6.07, 6.45) is 0. The molecule has 0 bridgehead atoms. The van der Waals surface area contributed by atoms with Crippen molar-refractivity contribution in [1.82, 2.24) is 0 Å². The van der Waals surface area contributed by atoms with Gasteiger partial charge in [0.1, 0.15) is 0 Å². The second-order valence-corrected chi connectivity index (χ2v) is 8.68. The fourth-order valence-corrected chi connectivity index (χ4v) is 3.94. The minimum Gasteiger partial charge on any atom is -0.396 e. The lowest BCUT2D eigenvalue weighted by Gasteiger charge is -2.21. The van der Waals surface area contributed by atoms with Crippen LogP contribution in [-0.4, -0.2) is 35.1 Å². The second-order valence-electron chi connectivity index (χ2n) is 8.68. The van der Waals surface area contributed by atoms with Gasteiger partial charge in [0.15, 0.2) is 0 Å². The lowest BCUT2D eigenvalue weighted by atomic mass is 9.83. The first-order valence-electron chi connectivity index (χ1n) is 11.1. The van der Waals surface area contributed by atoms with E-state index in [4.69, 9.17) is 0 Å². The molecule has 0 heterocycles. The van der Waals surface area contributed by atoms with Gasteiger partial charge in [-0.3, -0.25) is 0 Å². The van der Waals surface area contributed by atoms with E-state index in [1.54, 1.807) is 0 Å². The Morgan fingerprint density at radius 2 is 0.613 bits per heavy atom. The van der Waals surface area contributed by atoms with Crippen LogP contribution in [0.4, 0.5) is 0 Å². The molecule has 0 aliphatic heterocycles. The van der Waals surface area contributed by atoms with Gasteiger partial charge in [0, 0.05) is 43.5 Å². The fourth-order valence-electron chi connectivity index (χ4n) is 3.94. The van der Waals surface area contributed by atoms with Crippen LogP contribution in [0.15, 0.2) is 72.8 Å². The van der Waals surface area contributed by atoms with E-state index in [0.29, 0.717) is 0 Å². The van der Waals surface area contributed by atoms with Gasteiger partial charge in [0.25, 0.3) is 0 Å². The predicted octanol–water partition coefficient (Wildman–Crippen LogP) is 5.15. The zero-order chi connectivity index (χ0) is 22.4. The molecule has 3 atom stereocenters. The summed E-state index contributed by atoms with van der Waals surface area (Å²) in [5.74, 6) is 0.429. The topological polar surface area (TPSA) is 60.7 Å². The van der Waals surface area contributed by atoms with Crippen molar-refractivity contribution in [2.45, 2.75) is 44.4 Å². The highest BCUT2D eigenvalue weighted by Crippen LogP contribution is 2.34. The first-order chi connectivity index (χ1) is 15.0. The third kappa shape index (κ3) is 5.43. The molecule has 0 aromatic heterocycles. The monoisotopic (exact) mass is 418 g/mol. The average Bonchev–Trinajstić information content (AvgIpc) is 2.84. The molecule has 0 spiro atoms. The Balaban J connectivity index is 2.01. The Kier molecular flexibility index (Phi) is 8.03. The SMILES string of the molecule is CC(CO)c1ccc(C(c2ccc(C(C)CO)cc2)c2ccc(C(C)CO)cc2)cc1. The van der Waals surface area contributed by atoms with E-state index in [0.717, 1.165) is 16.7 Å². The normalized spacial score (nSPS) is 15.3. The van der Waals surface area contributed by atoms with E-state index in [-0.39, 0.29) is 43.5 Å². The van der Waals surface area contributed by atoms with Crippen molar-refractivity contribution in [2.24, 2.45) is 0 Å². The van der Waals surface area contributed by atoms with Crippen LogP contribution in [0.25, 0.3) is 0 Å². The molecule has 0 radical (unpaired) electrons. The number of hydrogen-bond donors (Lipinski definition) is 3. The van der Waals surface area contributed by atoms with E-state index < -0.39 is 0 Å². The zero-order valence-corrected chi connectivity index (χ0v) is 18.7. The van der Waals surface area contributed by atoms with Crippen LogP contribution in [-0.2, 0) is 0 Å². The molecule has 0 saturated carbocycles. The summed E-state index contributed by atoms with van der Waals surface area (Å²) >= 11 is 0. The molecule has 3 heteroatoms. The number of aliphatic hydroxyl groups is 3. The van der Waals surface area contributed by atoms with Gasteiger partial charge < -0.3 is 15.3 Å². The van der Waals surface area contributed by atoms with Gasteiger partial charge in [0.05, 0.1) is 0 Å². The lowest BCUT2D eigenvalue weighted by molar-refractivity contribution is 0.273. The molecular formula is C28H34O3. The molecule has 3 aromatic carbocycles. The maximum Gasteiger partial charge on any atom is 0.0497 e. The van der Waals surface area contributed by atoms with Crippen LogP contribution in [0, 0.1) is 0 Å². The molecule has 3 aromatic rings. The molecule has 3 unspecified atom stereocenters. The summed E-state index contributed by atoms with van der Waals surface area (Å²) in [6, 6.07) is 25.5. The zero-order valence-electron chi connectivity index (χ0n) is 18.7. The predicted molar refractivity (Wildman–Crippen MR) is 127 cm³/mol. The van der Waals surface area contributed by atoms with Crippen LogP contribution in [0.2, 0.25) is 0 Å². The molecular weight excluding hydrogens is 384 g/mol. The van der Waals surface area contributed by atoms with Crippen LogP contribution in [0.5, 0.6) is 0 Å². The van der Waals surface area contributed by atoms with E-state index in [2.05, 4.69) is 72.8 Å². The highest BCUT2D eigenvalue weighted by molar-refractivity contribution is 5.45. The smallest absolute Gasteiger partial charge is 0.0497 e. The van der Waals surface area contributed by atoms with Crippen molar-refractivity contribution in [3.8, 4) is 0 Å². The molecule has 164 valence electrons. The molecule has 0 aliphatic rings. The van der Waals surface area contributed by atoms with Crippen molar-refractivity contribution in [1.29, 1.82) is 0 Å². The largest absolute Gasteiger partial charge is 0.396 e. The van der Waals surface area contributed by atoms with Gasteiger partial charge in [-0.05, 0) is 33.4 Å². The summed E-state index contributed by atoms with van der Waals surface area (Å²) in [6.45, 7) is 6.48. The van der Waals surface area contributed by atoms with Gasteiger partial charge in [-0.2, -0.15) is 0 Å². The summed E-state index contributed by atoms with van der Waals surface area (Å²) in [7, 11) is 0. The Labute approximate surface area is 186 Å². The van der Waals surface area contributed by atoms with E-state index >= 15 is 0 Å². The first kappa shape index (κ1) is 23.2. The molecule has 31 heavy (non-hydrogen) atoms. The van der Waals surface area contributed by atoms with Gasteiger partial charge in [-0.1, -0.05) is 93.6 Å². The summed E-state index contributed by atoms with van der Waals surface area (Å²) in [4.78, 5) is 0. The third-order valence-electron chi connectivity index (χ3n) is 6.34. The molecule has 3 N–H and O–H groups in total. The minimum atomic E-state index is 0.0791. The van der Waals surface area contributed by atoms with Crippen LogP contribution in [0.1, 0.15) is 77.8 Å².